The van der Waals surface area contributed by atoms with Crippen LogP contribution in [-0.4, -0.2) is 225 Å². The number of aliphatic imine (C=N–C) groups is 2. The molecule has 114 heavy (non-hydrogen) atoms. The number of carboxylic acid groups (broad SMARTS) is 1. The Labute approximate surface area is 666 Å². The van der Waals surface area contributed by atoms with Crippen LogP contribution >= 0.6 is 11.8 Å². The van der Waals surface area contributed by atoms with Crippen LogP contribution in [0.4, 0.5) is 0 Å². The Hall–Kier alpha value is -11.1. The van der Waals surface area contributed by atoms with Gasteiger partial charge in [0, 0.05) is 48.9 Å². The molecule has 4 aromatic rings. The summed E-state index contributed by atoms with van der Waals surface area (Å²) in [4.78, 5) is 195. The molecule has 0 aliphatic heterocycles. The van der Waals surface area contributed by atoms with Gasteiger partial charge in [-0.15, -0.1) is 0 Å². The molecule has 0 aliphatic carbocycles. The van der Waals surface area contributed by atoms with Crippen LogP contribution in [0.25, 0.3) is 10.9 Å². The SMILES string of the molecule is CC[C@H](C)[C@H](NC(=O)[C@H](Cc1ccccc1)NC(=O)[C@H](CCSC)NC(=O)[C@H](Cc1c[nH]c2ccccc12)NC(=O)[C@H](CCCCN)NC(=O)[C@H](CCCN=C(N)N)NC(=O)[C@H](CC(C)C)NC(=O)[C@H](CCCN=C(N)N)NC(=O)[C@H](CC(=O)O)NC(=O)[C@@H](NC(=O)[C@H](CO)NC(=O)[C@@H](C)Cc1ccc(O)cc1)[C@@H](C)O)C(N)=O. The van der Waals surface area contributed by atoms with Crippen LogP contribution in [0.3, 0.4) is 0 Å². The highest BCUT2D eigenvalue weighted by Gasteiger charge is 2.39. The molecule has 0 saturated carbocycles. The van der Waals surface area contributed by atoms with Crippen LogP contribution in [0.2, 0.25) is 0 Å². The Balaban J connectivity index is 1.68. The van der Waals surface area contributed by atoms with Gasteiger partial charge in [0.1, 0.15) is 72.2 Å². The fourth-order valence-corrected chi connectivity index (χ4v) is 12.6. The first-order valence-electron chi connectivity index (χ1n) is 37.9. The first-order valence-corrected chi connectivity index (χ1v) is 39.3. The van der Waals surface area contributed by atoms with Crippen LogP contribution < -0.4 is 92.9 Å². The van der Waals surface area contributed by atoms with Crippen molar-refractivity contribution in [1.29, 1.82) is 0 Å². The quantitative estimate of drug-likeness (QED) is 0.0121. The van der Waals surface area contributed by atoms with Crippen LogP contribution in [-0.2, 0) is 81.6 Å². The summed E-state index contributed by atoms with van der Waals surface area (Å²) in [5, 5.41) is 69.8. The van der Waals surface area contributed by atoms with Gasteiger partial charge in [-0.05, 0) is 136 Å². The van der Waals surface area contributed by atoms with Gasteiger partial charge in [-0.2, -0.15) is 11.8 Å². The minimum Gasteiger partial charge on any atom is -0.508 e. The lowest BCUT2D eigenvalue weighted by atomic mass is 9.97. The maximum Gasteiger partial charge on any atom is 0.305 e. The number of carbonyl (C=O) groups is 13. The molecule has 0 saturated heterocycles. The van der Waals surface area contributed by atoms with Gasteiger partial charge in [-0.25, -0.2) is 0 Å². The third kappa shape index (κ3) is 33.3. The number of unbranched alkanes of at least 4 members (excludes halogenated alkanes) is 1. The summed E-state index contributed by atoms with van der Waals surface area (Å²) in [6.07, 6.45) is 0.944. The van der Waals surface area contributed by atoms with Crippen molar-refractivity contribution in [2.75, 3.05) is 38.2 Å². The minimum absolute atomic E-state index is 0.00558. The van der Waals surface area contributed by atoms with Crippen molar-refractivity contribution in [2.45, 2.75) is 204 Å². The molecule has 1 heterocycles. The summed E-state index contributed by atoms with van der Waals surface area (Å²) in [6.45, 7) is 8.61. The second-order valence-corrected chi connectivity index (χ2v) is 29.4. The van der Waals surface area contributed by atoms with E-state index in [0.717, 1.165) is 6.92 Å². The number of aliphatic hydroxyl groups excluding tert-OH is 2. The van der Waals surface area contributed by atoms with E-state index in [1.54, 1.807) is 100.0 Å². The monoisotopic (exact) mass is 1610 g/mol. The van der Waals surface area contributed by atoms with Gasteiger partial charge in [0.25, 0.3) is 0 Å². The molecule has 0 radical (unpaired) electrons. The number of carbonyl (C=O) groups excluding carboxylic acids is 12. The number of phenols is 1. The van der Waals surface area contributed by atoms with Gasteiger partial charge in [0.15, 0.2) is 11.9 Å². The number of para-hydroxylation sites is 1. The van der Waals surface area contributed by atoms with E-state index in [2.05, 4.69) is 73.5 Å². The summed E-state index contributed by atoms with van der Waals surface area (Å²) in [5.74, 6) is -14.8. The number of aromatic amines is 1. The summed E-state index contributed by atoms with van der Waals surface area (Å²) < 4.78 is 0. The number of aromatic nitrogens is 1. The Morgan fingerprint density at radius 2 is 0.921 bits per heavy atom. The number of nitrogens with one attached hydrogen (secondary N) is 12. The molecular weight excluding hydrogens is 1500 g/mol. The predicted octanol–water partition coefficient (Wildman–Crippen LogP) is -2.72. The molecule has 14 atom stereocenters. The normalized spacial score (nSPS) is 14.9. The van der Waals surface area contributed by atoms with E-state index in [1.807, 2.05) is 6.92 Å². The highest BCUT2D eigenvalue weighted by atomic mass is 32.2. The molecule has 0 bridgehead atoms. The maximum atomic E-state index is 15.1. The van der Waals surface area contributed by atoms with Crippen molar-refractivity contribution in [3.05, 3.63) is 102 Å². The predicted molar refractivity (Wildman–Crippen MR) is 429 cm³/mol. The molecule has 0 unspecified atom stereocenters. The van der Waals surface area contributed by atoms with Crippen molar-refractivity contribution in [3.8, 4) is 5.75 Å². The summed E-state index contributed by atoms with van der Waals surface area (Å²) >= 11 is 1.37. The molecule has 3 aromatic carbocycles. The average Bonchev–Trinajstić information content (AvgIpc) is 1.64. The summed E-state index contributed by atoms with van der Waals surface area (Å²) in [6, 6.07) is 4.99. The zero-order chi connectivity index (χ0) is 84.7. The third-order valence-corrected chi connectivity index (χ3v) is 19.2. The Bertz CT molecular complexity index is 3900. The standard InChI is InChI=1S/C76H116N20O17S/c1-8-42(4)61(63(78)102)95-72(111)56(36-45-18-10-9-11-19-45)91-68(107)54(29-33-114-7)89-70(109)57(37-47-39-85-50-21-13-12-20-49(47)50)92-66(105)51(22-14-15-30-77)86-65(104)52(23-16-31-83-75(79)80)87-69(108)55(34-41(2)3)90-67(106)53(24-17-32-84-76(81)82)88-71(110)58(38-60(100)101)93-74(113)62(44(6)98)96-73(112)59(40-97)94-64(103)43(5)35-46-25-27-48(99)28-26-46/h9-13,18-21,25-28,39,41-44,51-59,61-62,85,97-99H,8,14-17,22-24,29-38,40,77H2,1-7H3,(H2,78,102)(H,86,104)(H,87,108)(H,88,110)(H,89,109)(H,90,106)(H,91,107)(H,92,105)(H,93,113)(H,94,103)(H,95,111)(H,96,112)(H,100,101)(H4,79,80,83)(H4,81,82,84)/t42-,43-,44+,51-,52-,53-,54-,55-,56-,57-,58-,59-,61-,62-/m0/s1. The van der Waals surface area contributed by atoms with E-state index >= 15 is 9.59 Å². The number of benzene rings is 3. The molecule has 28 N–H and O–H groups in total. The smallest absolute Gasteiger partial charge is 0.305 e. The number of primary amides is 1. The first kappa shape index (κ1) is 95.3. The number of hydrogen-bond acceptors (Lipinski definition) is 20. The second kappa shape index (κ2) is 49.4. The van der Waals surface area contributed by atoms with Gasteiger partial charge in [0.05, 0.1) is 19.1 Å². The number of fused-ring (bicyclic) bond motifs is 1. The minimum atomic E-state index is -2.04. The average molecular weight is 1610 g/mol. The Morgan fingerprint density at radius 3 is 1.42 bits per heavy atom. The van der Waals surface area contributed by atoms with Crippen LogP contribution in [0.5, 0.6) is 5.75 Å². The number of hydrogen-bond donors (Lipinski definition) is 22. The lowest BCUT2D eigenvalue weighted by Crippen LogP contribution is -2.62. The fourth-order valence-electron chi connectivity index (χ4n) is 12.1. The van der Waals surface area contributed by atoms with E-state index in [1.165, 1.54) is 30.8 Å². The van der Waals surface area contributed by atoms with Crippen LogP contribution in [0, 0.1) is 17.8 Å². The number of carboxylic acids is 1. The van der Waals surface area contributed by atoms with Gasteiger partial charge in [0.2, 0.25) is 70.9 Å². The molecular formula is C76H116N20O17S. The zero-order valence-electron chi connectivity index (χ0n) is 65.5. The molecule has 0 fully saturated rings. The van der Waals surface area contributed by atoms with Gasteiger partial charge in [-0.1, -0.05) is 102 Å². The Kier molecular flexibility index (Phi) is 41.3. The summed E-state index contributed by atoms with van der Waals surface area (Å²) in [5.41, 5.74) is 36.7. The molecule has 0 spiro atoms. The number of aliphatic carboxylic acids is 1. The van der Waals surface area contributed by atoms with Gasteiger partial charge < -0.3 is 118 Å². The second-order valence-electron chi connectivity index (χ2n) is 28.5. The van der Waals surface area contributed by atoms with E-state index in [4.69, 9.17) is 34.4 Å². The summed E-state index contributed by atoms with van der Waals surface area (Å²) in [7, 11) is 0. The third-order valence-electron chi connectivity index (χ3n) is 18.6. The van der Waals surface area contributed by atoms with Crippen molar-refractivity contribution >= 4 is 111 Å². The largest absolute Gasteiger partial charge is 0.508 e. The molecule has 37 nitrogen and oxygen atoms in total. The molecule has 0 aliphatic rings. The number of guanidine groups is 2. The lowest BCUT2D eigenvalue weighted by molar-refractivity contribution is -0.142. The van der Waals surface area contributed by atoms with Crippen molar-refractivity contribution in [1.82, 2.24) is 63.5 Å². The van der Waals surface area contributed by atoms with Gasteiger partial charge in [-0.3, -0.25) is 72.3 Å². The molecule has 38 heteroatoms. The van der Waals surface area contributed by atoms with Crippen LogP contribution in [0.1, 0.15) is 129 Å². The maximum absolute atomic E-state index is 15.1. The van der Waals surface area contributed by atoms with E-state index < -0.39 is 168 Å². The molecule has 12 amide bonds. The Morgan fingerprint density at radius 1 is 0.482 bits per heavy atom. The van der Waals surface area contributed by atoms with E-state index in [0.29, 0.717) is 46.2 Å². The number of aliphatic hydroxyl groups is 2. The number of rotatable bonds is 52. The lowest BCUT2D eigenvalue weighted by Gasteiger charge is -2.29. The number of aromatic hydroxyl groups is 1. The number of amides is 12. The fraction of sp³-hybridized carbons (Fsp3) is 0.539. The number of phenolic OH excluding ortho intramolecular Hbond substituents is 1. The van der Waals surface area contributed by atoms with Crippen molar-refractivity contribution < 1.29 is 82.8 Å². The highest BCUT2D eigenvalue weighted by Crippen LogP contribution is 2.21. The number of thioether (sulfide) groups is 1. The van der Waals surface area contributed by atoms with E-state index in [-0.39, 0.29) is 120 Å². The topological polar surface area (TPSA) is 632 Å². The molecule has 1 aromatic heterocycles. The van der Waals surface area contributed by atoms with E-state index in [9.17, 15) is 73.2 Å². The first-order chi connectivity index (χ1) is 54.1. The molecule has 4 rings (SSSR count). The number of nitrogens with zero attached hydrogens (tertiary/aromatic N) is 2. The zero-order valence-corrected chi connectivity index (χ0v) is 66.4. The molecule has 628 valence electrons. The van der Waals surface area contributed by atoms with Crippen LogP contribution in [0.15, 0.2) is 95.0 Å². The van der Waals surface area contributed by atoms with Crippen molar-refractivity contribution in [2.24, 2.45) is 62.1 Å². The van der Waals surface area contributed by atoms with Crippen molar-refractivity contribution in [3.63, 3.8) is 0 Å². The van der Waals surface area contributed by atoms with Gasteiger partial charge >= 0.3 is 5.97 Å². The highest BCUT2D eigenvalue weighted by molar-refractivity contribution is 7.98. The number of H-pyrrole nitrogens is 1. The number of nitrogens with two attached hydrogens (primary N) is 6.